The van der Waals surface area contributed by atoms with Crippen LogP contribution >= 0.6 is 0 Å². The van der Waals surface area contributed by atoms with Gasteiger partial charge < -0.3 is 5.32 Å². The van der Waals surface area contributed by atoms with E-state index in [0.717, 1.165) is 23.7 Å². The molecule has 0 saturated heterocycles. The molecule has 1 N–H and O–H groups in total. The molecule has 4 unspecified atom stereocenters. The Morgan fingerprint density at radius 2 is 1.71 bits per heavy atom. The minimum atomic E-state index is 0.578. The van der Waals surface area contributed by atoms with Gasteiger partial charge in [-0.2, -0.15) is 0 Å². The van der Waals surface area contributed by atoms with Crippen LogP contribution in [0.1, 0.15) is 86.0 Å². The summed E-state index contributed by atoms with van der Waals surface area (Å²) in [5.74, 6) is 3.93. The first-order chi connectivity index (χ1) is 9.93. The van der Waals surface area contributed by atoms with Gasteiger partial charge in [-0.1, -0.05) is 60.3 Å². The summed E-state index contributed by atoms with van der Waals surface area (Å²) in [6.07, 6.45) is 11.7. The fourth-order valence-electron chi connectivity index (χ4n) is 5.15. The third kappa shape index (κ3) is 4.71. The minimum Gasteiger partial charge on any atom is -0.314 e. The molecule has 2 aliphatic rings. The SMILES string of the molecule is CCC1CCCCC1C1CC(C)(C)CCC1CNC(C)C. The van der Waals surface area contributed by atoms with E-state index in [1.165, 1.54) is 57.9 Å². The van der Waals surface area contributed by atoms with Crippen LogP contribution < -0.4 is 5.32 Å². The molecule has 2 aliphatic carbocycles. The van der Waals surface area contributed by atoms with Gasteiger partial charge in [-0.15, -0.1) is 0 Å². The average Bonchev–Trinajstić information content (AvgIpc) is 2.45. The molecule has 0 aromatic carbocycles. The number of hydrogen-bond donors (Lipinski definition) is 1. The van der Waals surface area contributed by atoms with Crippen LogP contribution in [-0.4, -0.2) is 12.6 Å². The third-order valence-electron chi connectivity index (χ3n) is 6.42. The highest BCUT2D eigenvalue weighted by Crippen LogP contribution is 2.50. The fraction of sp³-hybridized carbons (Fsp3) is 1.00. The Bertz CT molecular complexity index is 305. The lowest BCUT2D eigenvalue weighted by Gasteiger charge is -2.48. The van der Waals surface area contributed by atoms with Gasteiger partial charge in [0.15, 0.2) is 0 Å². The second-order valence-corrected chi connectivity index (χ2v) is 9.01. The smallest absolute Gasteiger partial charge is 0.00104 e. The van der Waals surface area contributed by atoms with Crippen LogP contribution in [0, 0.1) is 29.1 Å². The Kier molecular flexibility index (Phi) is 6.17. The van der Waals surface area contributed by atoms with Gasteiger partial charge in [0.2, 0.25) is 0 Å². The molecule has 0 aliphatic heterocycles. The molecule has 0 bridgehead atoms. The summed E-state index contributed by atoms with van der Waals surface area (Å²) in [7, 11) is 0. The molecule has 0 radical (unpaired) electrons. The van der Waals surface area contributed by atoms with Crippen molar-refractivity contribution >= 4 is 0 Å². The van der Waals surface area contributed by atoms with Crippen LogP contribution in [0.4, 0.5) is 0 Å². The van der Waals surface area contributed by atoms with Crippen LogP contribution in [0.5, 0.6) is 0 Å². The maximum atomic E-state index is 3.74. The molecule has 0 spiro atoms. The van der Waals surface area contributed by atoms with Gasteiger partial charge in [0.1, 0.15) is 0 Å². The second kappa shape index (κ2) is 7.49. The molecular weight excluding hydrogens is 254 g/mol. The minimum absolute atomic E-state index is 0.578. The summed E-state index contributed by atoms with van der Waals surface area (Å²) in [5.41, 5.74) is 0.578. The molecule has 2 saturated carbocycles. The first-order valence-electron chi connectivity index (χ1n) is 9.66. The molecule has 1 heteroatoms. The molecule has 4 atom stereocenters. The summed E-state index contributed by atoms with van der Waals surface area (Å²) >= 11 is 0. The predicted molar refractivity (Wildman–Crippen MR) is 93.5 cm³/mol. The van der Waals surface area contributed by atoms with Crippen molar-refractivity contribution in [3.8, 4) is 0 Å². The van der Waals surface area contributed by atoms with E-state index < -0.39 is 0 Å². The Labute approximate surface area is 133 Å². The molecule has 0 amide bonds. The zero-order valence-electron chi connectivity index (χ0n) is 15.3. The van der Waals surface area contributed by atoms with E-state index in [1.54, 1.807) is 0 Å². The van der Waals surface area contributed by atoms with Crippen LogP contribution in [0.25, 0.3) is 0 Å². The molecule has 0 aromatic heterocycles. The number of nitrogens with one attached hydrogen (secondary N) is 1. The van der Waals surface area contributed by atoms with E-state index in [4.69, 9.17) is 0 Å². The zero-order valence-corrected chi connectivity index (χ0v) is 15.3. The number of rotatable bonds is 5. The van der Waals surface area contributed by atoms with Crippen molar-refractivity contribution in [3.05, 3.63) is 0 Å². The highest BCUT2D eigenvalue weighted by atomic mass is 14.9. The fourth-order valence-corrected chi connectivity index (χ4v) is 5.15. The maximum absolute atomic E-state index is 3.74. The van der Waals surface area contributed by atoms with Crippen molar-refractivity contribution in [1.29, 1.82) is 0 Å². The molecule has 0 heterocycles. The third-order valence-corrected chi connectivity index (χ3v) is 6.42. The zero-order chi connectivity index (χ0) is 15.5. The van der Waals surface area contributed by atoms with E-state index in [9.17, 15) is 0 Å². The summed E-state index contributed by atoms with van der Waals surface area (Å²) in [4.78, 5) is 0. The van der Waals surface area contributed by atoms with Crippen LogP contribution in [-0.2, 0) is 0 Å². The molecule has 2 fully saturated rings. The monoisotopic (exact) mass is 293 g/mol. The van der Waals surface area contributed by atoms with Crippen molar-refractivity contribution in [3.63, 3.8) is 0 Å². The maximum Gasteiger partial charge on any atom is 0.00104 e. The Morgan fingerprint density at radius 3 is 2.38 bits per heavy atom. The standard InChI is InChI=1S/C20H39N/c1-6-16-9-7-8-10-18(16)19-13-20(4,5)12-11-17(19)14-21-15(2)3/h15-19,21H,6-14H2,1-5H3. The number of hydrogen-bond acceptors (Lipinski definition) is 1. The molecule has 0 aromatic rings. The van der Waals surface area contributed by atoms with Crippen molar-refractivity contribution in [1.82, 2.24) is 5.32 Å². The Hall–Kier alpha value is -0.0400. The van der Waals surface area contributed by atoms with Crippen molar-refractivity contribution in [2.75, 3.05) is 6.54 Å². The van der Waals surface area contributed by atoms with E-state index >= 15 is 0 Å². The first kappa shape index (κ1) is 17.3. The van der Waals surface area contributed by atoms with Gasteiger partial charge in [0, 0.05) is 6.04 Å². The highest BCUT2D eigenvalue weighted by molar-refractivity contribution is 4.92. The lowest BCUT2D eigenvalue weighted by molar-refractivity contribution is 0.0281. The van der Waals surface area contributed by atoms with E-state index in [1.807, 2.05) is 0 Å². The van der Waals surface area contributed by atoms with Gasteiger partial charge in [-0.05, 0) is 61.3 Å². The summed E-state index contributed by atoms with van der Waals surface area (Å²) in [6.45, 7) is 13.3. The second-order valence-electron chi connectivity index (χ2n) is 9.01. The molecule has 1 nitrogen and oxygen atoms in total. The van der Waals surface area contributed by atoms with Gasteiger partial charge in [-0.3, -0.25) is 0 Å². The van der Waals surface area contributed by atoms with Crippen molar-refractivity contribution in [2.24, 2.45) is 29.1 Å². The van der Waals surface area contributed by atoms with Gasteiger partial charge in [0.25, 0.3) is 0 Å². The van der Waals surface area contributed by atoms with Crippen LogP contribution in [0.15, 0.2) is 0 Å². The molecule has 21 heavy (non-hydrogen) atoms. The molecule has 2 rings (SSSR count). The molecular formula is C20H39N. The molecule has 124 valence electrons. The summed E-state index contributed by atoms with van der Waals surface area (Å²) in [6, 6.07) is 0.633. The largest absolute Gasteiger partial charge is 0.314 e. The van der Waals surface area contributed by atoms with E-state index in [-0.39, 0.29) is 0 Å². The lowest BCUT2D eigenvalue weighted by atomic mass is 9.58. The highest BCUT2D eigenvalue weighted by Gasteiger charge is 2.41. The van der Waals surface area contributed by atoms with Crippen molar-refractivity contribution in [2.45, 2.75) is 92.0 Å². The van der Waals surface area contributed by atoms with Crippen LogP contribution in [0.3, 0.4) is 0 Å². The Morgan fingerprint density at radius 1 is 1.00 bits per heavy atom. The van der Waals surface area contributed by atoms with Gasteiger partial charge in [0.05, 0.1) is 0 Å². The van der Waals surface area contributed by atoms with Gasteiger partial charge >= 0.3 is 0 Å². The van der Waals surface area contributed by atoms with Crippen molar-refractivity contribution < 1.29 is 0 Å². The topological polar surface area (TPSA) is 12.0 Å². The first-order valence-corrected chi connectivity index (χ1v) is 9.66. The summed E-state index contributed by atoms with van der Waals surface area (Å²) < 4.78 is 0. The lowest BCUT2D eigenvalue weighted by Crippen LogP contribution is -2.43. The predicted octanol–water partition coefficient (Wildman–Crippen LogP) is 5.64. The quantitative estimate of drug-likeness (QED) is 0.691. The average molecular weight is 294 g/mol. The van der Waals surface area contributed by atoms with Crippen LogP contribution in [0.2, 0.25) is 0 Å². The Balaban J connectivity index is 2.08. The van der Waals surface area contributed by atoms with E-state index in [2.05, 4.69) is 39.9 Å². The summed E-state index contributed by atoms with van der Waals surface area (Å²) in [5, 5.41) is 3.74. The normalized spacial score (nSPS) is 36.9. The van der Waals surface area contributed by atoms with E-state index in [0.29, 0.717) is 11.5 Å². The van der Waals surface area contributed by atoms with Gasteiger partial charge in [-0.25, -0.2) is 0 Å².